The maximum absolute atomic E-state index is 8.19. The average Bonchev–Trinajstić information content (AvgIpc) is 2.52. The zero-order chi connectivity index (χ0) is 17.0. The van der Waals surface area contributed by atoms with Crippen molar-refractivity contribution in [3.8, 4) is 0 Å². The van der Waals surface area contributed by atoms with Gasteiger partial charge in [0.1, 0.15) is 0 Å². The van der Waals surface area contributed by atoms with Gasteiger partial charge in [-0.15, -0.1) is 0 Å². The predicted molar refractivity (Wildman–Crippen MR) is 101 cm³/mol. The lowest BCUT2D eigenvalue weighted by molar-refractivity contribution is 1.32. The fourth-order valence-corrected chi connectivity index (χ4v) is 2.38. The van der Waals surface area contributed by atoms with Gasteiger partial charge in [-0.05, 0) is 85.7 Å². The van der Waals surface area contributed by atoms with Crippen LogP contribution in [-0.4, -0.2) is 5.71 Å². The van der Waals surface area contributed by atoms with Crippen molar-refractivity contribution in [2.24, 2.45) is 0 Å². The molecular weight excluding hydrogens is 278 g/mol. The minimum Gasteiger partial charge on any atom is -0.300 e. The fraction of sp³-hybridized carbons (Fsp3) is 0.227. The highest BCUT2D eigenvalue weighted by Crippen LogP contribution is 2.18. The van der Waals surface area contributed by atoms with Crippen molar-refractivity contribution < 1.29 is 0 Å². The van der Waals surface area contributed by atoms with Crippen LogP contribution in [0.15, 0.2) is 54.6 Å². The van der Waals surface area contributed by atoms with E-state index in [0.29, 0.717) is 5.71 Å². The first kappa shape index (κ1) is 17.0. The largest absolute Gasteiger partial charge is 0.300 e. The van der Waals surface area contributed by atoms with E-state index in [9.17, 15) is 0 Å². The first-order chi connectivity index (χ1) is 10.9. The summed E-state index contributed by atoms with van der Waals surface area (Å²) in [5.74, 6) is 0. The number of nitrogens with one attached hydrogen (secondary N) is 1. The lowest BCUT2D eigenvalue weighted by Gasteiger charge is -2.05. The molecule has 0 spiro atoms. The second-order valence-electron chi connectivity index (χ2n) is 6.22. The molecule has 0 aliphatic rings. The van der Waals surface area contributed by atoms with Gasteiger partial charge in [-0.2, -0.15) is 0 Å². The summed E-state index contributed by atoms with van der Waals surface area (Å²) in [6.45, 7) is 10.5. The minimum absolute atomic E-state index is 0.539. The van der Waals surface area contributed by atoms with Crippen molar-refractivity contribution in [1.29, 1.82) is 5.41 Å². The maximum atomic E-state index is 8.19. The quantitative estimate of drug-likeness (QED) is 0.533. The fourth-order valence-electron chi connectivity index (χ4n) is 2.38. The van der Waals surface area contributed by atoms with Crippen molar-refractivity contribution in [2.75, 3.05) is 0 Å². The average molecular weight is 303 g/mol. The van der Waals surface area contributed by atoms with Crippen LogP contribution in [0.2, 0.25) is 0 Å². The third-order valence-corrected chi connectivity index (χ3v) is 4.39. The van der Waals surface area contributed by atoms with Gasteiger partial charge in [0.2, 0.25) is 0 Å². The molecule has 0 saturated carbocycles. The van der Waals surface area contributed by atoms with E-state index < -0.39 is 0 Å². The summed E-state index contributed by atoms with van der Waals surface area (Å²) in [5, 5.41) is 8.19. The molecule has 118 valence electrons. The molecule has 0 amide bonds. The summed E-state index contributed by atoms with van der Waals surface area (Å²) in [7, 11) is 0. The molecule has 0 atom stereocenters. The van der Waals surface area contributed by atoms with Crippen molar-refractivity contribution >= 4 is 11.3 Å². The Morgan fingerprint density at radius 1 is 0.783 bits per heavy atom. The second-order valence-corrected chi connectivity index (χ2v) is 6.22. The molecule has 0 unspecified atom stereocenters. The Labute approximate surface area is 139 Å². The van der Waals surface area contributed by atoms with Crippen LogP contribution in [0.25, 0.3) is 5.57 Å². The molecule has 1 N–H and O–H groups in total. The second kappa shape index (κ2) is 7.23. The van der Waals surface area contributed by atoms with Gasteiger partial charge in [0.15, 0.2) is 0 Å². The lowest BCUT2D eigenvalue weighted by atomic mass is 10.0. The summed E-state index contributed by atoms with van der Waals surface area (Å²) < 4.78 is 0. The molecule has 0 heterocycles. The van der Waals surface area contributed by atoms with Crippen LogP contribution in [0, 0.1) is 33.1 Å². The number of hydrogen-bond acceptors (Lipinski definition) is 1. The number of rotatable bonds is 4. The van der Waals surface area contributed by atoms with Crippen molar-refractivity contribution in [3.05, 3.63) is 88.0 Å². The first-order valence-corrected chi connectivity index (χ1v) is 7.97. The van der Waals surface area contributed by atoms with Gasteiger partial charge in [0, 0.05) is 0 Å². The molecule has 0 bridgehead atoms. The van der Waals surface area contributed by atoms with E-state index in [1.807, 2.05) is 18.2 Å². The third kappa shape index (κ3) is 4.29. The molecule has 1 heteroatoms. The SMILES string of the molecule is C/C(=C\C=C/C(=N)c1ccc(C)c(C)c1)c1ccc(C)c(C)c1. The third-order valence-electron chi connectivity index (χ3n) is 4.39. The van der Waals surface area contributed by atoms with Gasteiger partial charge in [-0.1, -0.05) is 42.5 Å². The number of benzene rings is 2. The predicted octanol–water partition coefficient (Wildman–Crippen LogP) is 5.95. The molecule has 23 heavy (non-hydrogen) atoms. The highest BCUT2D eigenvalue weighted by Gasteiger charge is 2.00. The van der Waals surface area contributed by atoms with Gasteiger partial charge < -0.3 is 5.41 Å². The van der Waals surface area contributed by atoms with E-state index >= 15 is 0 Å². The first-order valence-electron chi connectivity index (χ1n) is 7.97. The van der Waals surface area contributed by atoms with E-state index in [1.54, 1.807) is 0 Å². The maximum Gasteiger partial charge on any atom is 0.0612 e. The minimum atomic E-state index is 0.539. The molecular formula is C22H25N. The van der Waals surface area contributed by atoms with E-state index in [0.717, 1.165) is 5.56 Å². The van der Waals surface area contributed by atoms with E-state index in [4.69, 9.17) is 5.41 Å². The standard InChI is InChI=1S/C22H25N/c1-15-9-11-20(13-18(15)4)17(3)7-6-8-22(23)21-12-10-16(2)19(5)14-21/h6-14,23H,1-5H3/b8-6-,17-7+,23-22?. The summed E-state index contributed by atoms with van der Waals surface area (Å²) in [4.78, 5) is 0. The Kier molecular flexibility index (Phi) is 5.33. The molecule has 0 saturated heterocycles. The molecule has 2 rings (SSSR count). The van der Waals surface area contributed by atoms with Crippen LogP contribution in [0.4, 0.5) is 0 Å². The Balaban J connectivity index is 2.14. The number of hydrogen-bond donors (Lipinski definition) is 1. The summed E-state index contributed by atoms with van der Waals surface area (Å²) >= 11 is 0. The van der Waals surface area contributed by atoms with Crippen LogP contribution in [0.5, 0.6) is 0 Å². The Morgan fingerprint density at radius 2 is 1.30 bits per heavy atom. The lowest BCUT2D eigenvalue weighted by Crippen LogP contribution is -1.95. The monoisotopic (exact) mass is 303 g/mol. The van der Waals surface area contributed by atoms with Crippen LogP contribution in [-0.2, 0) is 0 Å². The molecule has 0 radical (unpaired) electrons. The van der Waals surface area contributed by atoms with E-state index in [-0.39, 0.29) is 0 Å². The van der Waals surface area contributed by atoms with Crippen molar-refractivity contribution in [1.82, 2.24) is 0 Å². The van der Waals surface area contributed by atoms with Crippen LogP contribution in [0.1, 0.15) is 40.3 Å². The topological polar surface area (TPSA) is 23.9 Å². The molecule has 0 aliphatic heterocycles. The summed E-state index contributed by atoms with van der Waals surface area (Å²) in [5.41, 5.74) is 9.04. The Hall–Kier alpha value is -2.41. The van der Waals surface area contributed by atoms with Crippen molar-refractivity contribution in [3.63, 3.8) is 0 Å². The zero-order valence-electron chi connectivity index (χ0n) is 14.7. The van der Waals surface area contributed by atoms with Crippen LogP contribution >= 0.6 is 0 Å². The number of allylic oxidation sites excluding steroid dienone is 4. The Morgan fingerprint density at radius 3 is 1.87 bits per heavy atom. The van der Waals surface area contributed by atoms with Crippen molar-refractivity contribution in [2.45, 2.75) is 34.6 Å². The normalized spacial score (nSPS) is 12.0. The van der Waals surface area contributed by atoms with Gasteiger partial charge in [-0.3, -0.25) is 0 Å². The van der Waals surface area contributed by atoms with Crippen LogP contribution < -0.4 is 0 Å². The Bertz CT molecular complexity index is 792. The van der Waals surface area contributed by atoms with E-state index in [2.05, 4.69) is 71.0 Å². The van der Waals surface area contributed by atoms with Crippen LogP contribution in [0.3, 0.4) is 0 Å². The van der Waals surface area contributed by atoms with Gasteiger partial charge in [0.25, 0.3) is 0 Å². The summed E-state index contributed by atoms with van der Waals surface area (Å²) in [6, 6.07) is 12.7. The molecule has 0 aliphatic carbocycles. The molecule has 2 aromatic carbocycles. The summed E-state index contributed by atoms with van der Waals surface area (Å²) in [6.07, 6.45) is 5.89. The van der Waals surface area contributed by atoms with Gasteiger partial charge >= 0.3 is 0 Å². The molecule has 1 nitrogen and oxygen atoms in total. The van der Waals surface area contributed by atoms with Gasteiger partial charge in [-0.25, -0.2) is 0 Å². The van der Waals surface area contributed by atoms with Gasteiger partial charge in [0.05, 0.1) is 5.71 Å². The molecule has 0 fully saturated rings. The number of aryl methyl sites for hydroxylation is 4. The highest BCUT2D eigenvalue weighted by atomic mass is 14.4. The molecule has 2 aromatic rings. The highest BCUT2D eigenvalue weighted by molar-refractivity contribution is 6.06. The molecule has 0 aromatic heterocycles. The smallest absolute Gasteiger partial charge is 0.0612 e. The van der Waals surface area contributed by atoms with E-state index in [1.165, 1.54) is 33.4 Å². The zero-order valence-corrected chi connectivity index (χ0v) is 14.7.